The SMILES string of the molecule is CC1CCC(C)N1c1ccc(C(N)CS)cc1F. The lowest BCUT2D eigenvalue weighted by Gasteiger charge is -2.29. The van der Waals surface area contributed by atoms with E-state index in [2.05, 4.69) is 31.4 Å². The second-order valence-corrected chi connectivity index (χ2v) is 5.55. The fourth-order valence-electron chi connectivity index (χ4n) is 2.74. The van der Waals surface area contributed by atoms with Gasteiger partial charge in [-0.15, -0.1) is 0 Å². The largest absolute Gasteiger partial charge is 0.364 e. The molecule has 1 fully saturated rings. The van der Waals surface area contributed by atoms with E-state index >= 15 is 0 Å². The summed E-state index contributed by atoms with van der Waals surface area (Å²) in [6.45, 7) is 4.30. The first-order valence-corrected chi connectivity index (χ1v) is 7.12. The summed E-state index contributed by atoms with van der Waals surface area (Å²) in [6, 6.07) is 5.92. The van der Waals surface area contributed by atoms with Gasteiger partial charge in [0.05, 0.1) is 5.69 Å². The number of anilines is 1. The molecule has 1 aromatic carbocycles. The number of benzene rings is 1. The Kier molecular flexibility index (Phi) is 4.17. The maximum absolute atomic E-state index is 14.2. The van der Waals surface area contributed by atoms with Crippen molar-refractivity contribution < 1.29 is 4.39 Å². The van der Waals surface area contributed by atoms with Gasteiger partial charge in [-0.2, -0.15) is 12.6 Å². The van der Waals surface area contributed by atoms with E-state index in [1.807, 2.05) is 12.1 Å². The van der Waals surface area contributed by atoms with Crippen LogP contribution in [0.5, 0.6) is 0 Å². The first-order chi connectivity index (χ1) is 8.54. The highest BCUT2D eigenvalue weighted by atomic mass is 32.1. The smallest absolute Gasteiger partial charge is 0.146 e. The summed E-state index contributed by atoms with van der Waals surface area (Å²) in [5, 5.41) is 0. The van der Waals surface area contributed by atoms with Gasteiger partial charge in [0, 0.05) is 23.9 Å². The number of nitrogens with two attached hydrogens (primary N) is 1. The number of hydrogen-bond donors (Lipinski definition) is 2. The quantitative estimate of drug-likeness (QED) is 0.825. The molecule has 1 aromatic rings. The summed E-state index contributed by atoms with van der Waals surface area (Å²) >= 11 is 4.15. The van der Waals surface area contributed by atoms with Crippen LogP contribution in [0.25, 0.3) is 0 Å². The molecule has 18 heavy (non-hydrogen) atoms. The van der Waals surface area contributed by atoms with Crippen molar-refractivity contribution in [2.45, 2.75) is 44.8 Å². The molecular formula is C14H21FN2S. The molecular weight excluding hydrogens is 247 g/mol. The van der Waals surface area contributed by atoms with Crippen LogP contribution in [0.15, 0.2) is 18.2 Å². The van der Waals surface area contributed by atoms with Gasteiger partial charge in [0.2, 0.25) is 0 Å². The Balaban J connectivity index is 2.30. The zero-order valence-corrected chi connectivity index (χ0v) is 11.8. The van der Waals surface area contributed by atoms with Crippen LogP contribution < -0.4 is 10.6 Å². The van der Waals surface area contributed by atoms with Gasteiger partial charge in [-0.1, -0.05) is 6.07 Å². The van der Waals surface area contributed by atoms with Gasteiger partial charge in [-0.3, -0.25) is 0 Å². The van der Waals surface area contributed by atoms with Crippen LogP contribution >= 0.6 is 12.6 Å². The van der Waals surface area contributed by atoms with Gasteiger partial charge < -0.3 is 10.6 Å². The van der Waals surface area contributed by atoms with E-state index < -0.39 is 0 Å². The van der Waals surface area contributed by atoms with Crippen molar-refractivity contribution in [3.63, 3.8) is 0 Å². The average molecular weight is 268 g/mol. The summed E-state index contributed by atoms with van der Waals surface area (Å²) in [5.41, 5.74) is 7.37. The van der Waals surface area contributed by atoms with Crippen LogP contribution in [-0.2, 0) is 0 Å². The summed E-state index contributed by atoms with van der Waals surface area (Å²) in [4.78, 5) is 2.17. The summed E-state index contributed by atoms with van der Waals surface area (Å²) < 4.78 is 14.2. The lowest BCUT2D eigenvalue weighted by molar-refractivity contribution is 0.597. The van der Waals surface area contributed by atoms with Crippen LogP contribution in [0.2, 0.25) is 0 Å². The van der Waals surface area contributed by atoms with Gasteiger partial charge >= 0.3 is 0 Å². The summed E-state index contributed by atoms with van der Waals surface area (Å²) in [6.07, 6.45) is 2.25. The van der Waals surface area contributed by atoms with E-state index in [9.17, 15) is 4.39 Å². The number of nitrogens with zero attached hydrogens (tertiary/aromatic N) is 1. The van der Waals surface area contributed by atoms with E-state index in [0.29, 0.717) is 23.5 Å². The Morgan fingerprint density at radius 1 is 1.39 bits per heavy atom. The third-order valence-corrected chi connectivity index (χ3v) is 4.22. The third-order valence-electron chi connectivity index (χ3n) is 3.83. The third kappa shape index (κ3) is 2.50. The molecule has 0 spiro atoms. The van der Waals surface area contributed by atoms with Crippen LogP contribution in [0.1, 0.15) is 38.3 Å². The van der Waals surface area contributed by atoms with Crippen molar-refractivity contribution >= 4 is 18.3 Å². The molecule has 1 saturated heterocycles. The molecule has 1 aliphatic rings. The zero-order chi connectivity index (χ0) is 13.3. The summed E-state index contributed by atoms with van der Waals surface area (Å²) in [7, 11) is 0. The van der Waals surface area contributed by atoms with Crippen LogP contribution in [-0.4, -0.2) is 17.8 Å². The monoisotopic (exact) mass is 268 g/mol. The fourth-order valence-corrected chi connectivity index (χ4v) is 2.95. The maximum atomic E-state index is 14.2. The van der Waals surface area contributed by atoms with Crippen LogP contribution in [0, 0.1) is 5.82 Å². The molecule has 2 N–H and O–H groups in total. The minimum Gasteiger partial charge on any atom is -0.364 e. The lowest BCUT2D eigenvalue weighted by atomic mass is 10.1. The van der Waals surface area contributed by atoms with Gasteiger partial charge in [-0.25, -0.2) is 4.39 Å². The topological polar surface area (TPSA) is 29.3 Å². The number of hydrogen-bond acceptors (Lipinski definition) is 3. The van der Waals surface area contributed by atoms with Gasteiger partial charge in [0.15, 0.2) is 0 Å². The number of thiol groups is 1. The first kappa shape index (κ1) is 13.7. The first-order valence-electron chi connectivity index (χ1n) is 6.48. The van der Waals surface area contributed by atoms with Crippen molar-refractivity contribution in [3.05, 3.63) is 29.6 Å². The molecule has 2 rings (SSSR count). The van der Waals surface area contributed by atoms with Crippen molar-refractivity contribution in [1.82, 2.24) is 0 Å². The van der Waals surface area contributed by atoms with E-state index in [0.717, 1.165) is 18.4 Å². The molecule has 3 unspecified atom stereocenters. The molecule has 1 aliphatic heterocycles. The van der Waals surface area contributed by atoms with Crippen LogP contribution in [0.3, 0.4) is 0 Å². The van der Waals surface area contributed by atoms with Gasteiger partial charge in [-0.05, 0) is 44.4 Å². The number of rotatable bonds is 3. The highest BCUT2D eigenvalue weighted by Gasteiger charge is 2.29. The Bertz CT molecular complexity index is 414. The Morgan fingerprint density at radius 2 is 2.00 bits per heavy atom. The van der Waals surface area contributed by atoms with Crippen molar-refractivity contribution in [3.8, 4) is 0 Å². The molecule has 0 bridgehead atoms. The highest BCUT2D eigenvalue weighted by molar-refractivity contribution is 7.80. The van der Waals surface area contributed by atoms with Gasteiger partial charge in [0.25, 0.3) is 0 Å². The molecule has 2 nitrogen and oxygen atoms in total. The molecule has 0 saturated carbocycles. The average Bonchev–Trinajstić information content (AvgIpc) is 2.68. The Labute approximate surface area is 114 Å². The molecule has 3 atom stereocenters. The standard InChI is InChI=1S/C14H21FN2S/c1-9-3-4-10(2)17(9)14-6-5-11(7-12(14)15)13(16)8-18/h5-7,9-10,13,18H,3-4,8,16H2,1-2H3. The molecule has 0 radical (unpaired) electrons. The van der Waals surface area contributed by atoms with Crippen molar-refractivity contribution in [2.24, 2.45) is 5.73 Å². The molecule has 0 aromatic heterocycles. The normalized spacial score (nSPS) is 25.5. The van der Waals surface area contributed by atoms with Gasteiger partial charge in [0.1, 0.15) is 5.82 Å². The molecule has 100 valence electrons. The molecule has 0 amide bonds. The molecule has 0 aliphatic carbocycles. The number of halogens is 1. The molecule has 4 heteroatoms. The maximum Gasteiger partial charge on any atom is 0.146 e. The Hall–Kier alpha value is -0.740. The van der Waals surface area contributed by atoms with Crippen molar-refractivity contribution in [1.29, 1.82) is 0 Å². The van der Waals surface area contributed by atoms with Crippen LogP contribution in [0.4, 0.5) is 10.1 Å². The molecule has 1 heterocycles. The minimum atomic E-state index is -0.203. The minimum absolute atomic E-state index is 0.176. The van der Waals surface area contributed by atoms with E-state index in [1.54, 1.807) is 6.07 Å². The summed E-state index contributed by atoms with van der Waals surface area (Å²) in [5.74, 6) is 0.348. The predicted molar refractivity (Wildman–Crippen MR) is 77.8 cm³/mol. The van der Waals surface area contributed by atoms with Crippen molar-refractivity contribution in [2.75, 3.05) is 10.7 Å². The fraction of sp³-hybridized carbons (Fsp3) is 0.571. The Morgan fingerprint density at radius 3 is 2.50 bits per heavy atom. The second-order valence-electron chi connectivity index (χ2n) is 5.18. The zero-order valence-electron chi connectivity index (χ0n) is 10.9. The predicted octanol–water partition coefficient (Wildman–Crippen LogP) is 3.13. The van der Waals surface area contributed by atoms with E-state index in [-0.39, 0.29) is 11.9 Å². The highest BCUT2D eigenvalue weighted by Crippen LogP contribution is 2.33. The second kappa shape index (κ2) is 5.49. The lowest BCUT2D eigenvalue weighted by Crippen LogP contribution is -2.33. The van der Waals surface area contributed by atoms with E-state index in [1.165, 1.54) is 0 Å². The van der Waals surface area contributed by atoms with E-state index in [4.69, 9.17) is 5.73 Å².